The summed E-state index contributed by atoms with van der Waals surface area (Å²) >= 11 is 0. The third-order valence-electron chi connectivity index (χ3n) is 7.34. The van der Waals surface area contributed by atoms with E-state index in [0.29, 0.717) is 23.8 Å². The lowest BCUT2D eigenvalue weighted by Crippen LogP contribution is -2.45. The number of carbonyl (C=O) groups excluding carboxylic acids is 1. The predicted molar refractivity (Wildman–Crippen MR) is 137 cm³/mol. The summed E-state index contributed by atoms with van der Waals surface area (Å²) in [5, 5.41) is 1.55. The second-order valence-electron chi connectivity index (χ2n) is 10.9. The van der Waals surface area contributed by atoms with Gasteiger partial charge >= 0.3 is 6.09 Å². The van der Waals surface area contributed by atoms with Crippen molar-refractivity contribution in [3.8, 4) is 11.5 Å². The van der Waals surface area contributed by atoms with Crippen molar-refractivity contribution in [3.63, 3.8) is 0 Å². The topological polar surface area (TPSA) is 97.4 Å². The maximum Gasteiger partial charge on any atom is 0.435 e. The van der Waals surface area contributed by atoms with Crippen molar-refractivity contribution in [1.29, 1.82) is 0 Å². The zero-order valence-electron chi connectivity index (χ0n) is 22.9. The number of carbonyl (C=O) groups is 1. The van der Waals surface area contributed by atoms with E-state index in [0.717, 1.165) is 5.56 Å². The first-order valence-corrected chi connectivity index (χ1v) is 13.0. The average molecular weight is 543 g/mol. The quantitative estimate of drug-likeness (QED) is 0.533. The second-order valence-corrected chi connectivity index (χ2v) is 10.9. The van der Waals surface area contributed by atoms with Crippen LogP contribution in [0.4, 0.5) is 10.5 Å². The molecule has 0 aromatic heterocycles. The van der Waals surface area contributed by atoms with Crippen LogP contribution in [0.3, 0.4) is 0 Å². The number of nitrogens with zero attached hydrogens (tertiary/aromatic N) is 2. The number of hydrogen-bond acceptors (Lipinski definition) is 10. The van der Waals surface area contributed by atoms with E-state index < -0.39 is 48.4 Å². The maximum absolute atomic E-state index is 13.5. The van der Waals surface area contributed by atoms with Crippen molar-refractivity contribution >= 4 is 11.8 Å². The molecule has 0 saturated carbocycles. The van der Waals surface area contributed by atoms with Gasteiger partial charge < -0.3 is 38.0 Å². The highest BCUT2D eigenvalue weighted by molar-refractivity contribution is 5.90. The van der Waals surface area contributed by atoms with Crippen LogP contribution in [0, 0.1) is 0 Å². The molecule has 0 N–H and O–H groups in total. The molecule has 0 aliphatic carbocycles. The van der Waals surface area contributed by atoms with E-state index in [1.165, 1.54) is 0 Å². The molecule has 4 saturated heterocycles. The van der Waals surface area contributed by atoms with E-state index in [9.17, 15) is 4.79 Å². The van der Waals surface area contributed by atoms with E-state index >= 15 is 0 Å². The molecule has 4 aliphatic rings. The molecule has 6 rings (SSSR count). The minimum Gasteiger partial charge on any atom is -0.497 e. The predicted octanol–water partition coefficient (Wildman–Crippen LogP) is 3.97. The molecule has 2 aromatic rings. The number of amides is 1. The molecule has 4 aliphatic heterocycles. The molecule has 2 aromatic carbocycles. The van der Waals surface area contributed by atoms with Gasteiger partial charge in [-0.2, -0.15) is 0 Å². The summed E-state index contributed by atoms with van der Waals surface area (Å²) in [6, 6.07) is 14.7. The molecule has 4 fully saturated rings. The van der Waals surface area contributed by atoms with Crippen LogP contribution in [0.25, 0.3) is 0 Å². The highest BCUT2D eigenvalue weighted by Crippen LogP contribution is 2.47. The second kappa shape index (κ2) is 9.61. The van der Waals surface area contributed by atoms with Crippen molar-refractivity contribution in [2.75, 3.05) is 25.7 Å². The van der Waals surface area contributed by atoms with Gasteiger partial charge in [0, 0.05) is 5.69 Å². The van der Waals surface area contributed by atoms with Crippen LogP contribution >= 0.6 is 0 Å². The number of anilines is 1. The van der Waals surface area contributed by atoms with E-state index in [4.69, 9.17) is 38.0 Å². The van der Waals surface area contributed by atoms with E-state index in [1.807, 2.05) is 64.1 Å². The number of hydroxylamine groups is 2. The third kappa shape index (κ3) is 4.73. The number of methoxy groups -OCH3 is 2. The van der Waals surface area contributed by atoms with E-state index in [1.54, 1.807) is 36.3 Å². The Morgan fingerprint density at radius 1 is 0.795 bits per heavy atom. The van der Waals surface area contributed by atoms with E-state index in [-0.39, 0.29) is 6.10 Å². The first-order chi connectivity index (χ1) is 18.6. The van der Waals surface area contributed by atoms with Crippen molar-refractivity contribution in [1.82, 2.24) is 5.06 Å². The fourth-order valence-corrected chi connectivity index (χ4v) is 5.64. The Morgan fingerprint density at radius 2 is 1.41 bits per heavy atom. The molecular formula is C28H34N2O9. The Labute approximate surface area is 227 Å². The Balaban J connectivity index is 1.38. The summed E-state index contributed by atoms with van der Waals surface area (Å²) in [7, 11) is 3.20. The molecule has 0 radical (unpaired) electrons. The van der Waals surface area contributed by atoms with Gasteiger partial charge in [0.2, 0.25) is 0 Å². The Morgan fingerprint density at radius 3 is 2.00 bits per heavy atom. The van der Waals surface area contributed by atoms with Crippen LogP contribution in [0.5, 0.6) is 11.5 Å². The molecular weight excluding hydrogens is 508 g/mol. The van der Waals surface area contributed by atoms with Crippen molar-refractivity contribution in [2.24, 2.45) is 0 Å². The van der Waals surface area contributed by atoms with Crippen molar-refractivity contribution in [3.05, 3.63) is 54.1 Å². The summed E-state index contributed by atoms with van der Waals surface area (Å²) in [6.45, 7) is 7.78. The molecule has 1 amide bonds. The highest BCUT2D eigenvalue weighted by atomic mass is 16.8. The summed E-state index contributed by atoms with van der Waals surface area (Å²) in [5.41, 5.74) is 1.43. The smallest absolute Gasteiger partial charge is 0.435 e. The normalized spacial score (nSPS) is 33.3. The summed E-state index contributed by atoms with van der Waals surface area (Å²) in [5.74, 6) is -0.235. The van der Waals surface area contributed by atoms with Gasteiger partial charge in [-0.25, -0.2) is 4.79 Å². The van der Waals surface area contributed by atoms with Gasteiger partial charge in [-0.3, -0.25) is 4.90 Å². The monoisotopic (exact) mass is 542 g/mol. The van der Waals surface area contributed by atoms with Gasteiger partial charge in [0.25, 0.3) is 0 Å². The average Bonchev–Trinajstić information content (AvgIpc) is 3.63. The van der Waals surface area contributed by atoms with Crippen LogP contribution < -0.4 is 14.4 Å². The van der Waals surface area contributed by atoms with Crippen LogP contribution in [0.1, 0.15) is 39.4 Å². The minimum atomic E-state index is -0.862. The van der Waals surface area contributed by atoms with Crippen LogP contribution in [-0.2, 0) is 28.5 Å². The summed E-state index contributed by atoms with van der Waals surface area (Å²) in [6.07, 6.45) is -3.91. The lowest BCUT2D eigenvalue weighted by atomic mass is 10.1. The molecule has 1 unspecified atom stereocenters. The molecule has 0 bridgehead atoms. The zero-order valence-corrected chi connectivity index (χ0v) is 22.9. The fourth-order valence-electron chi connectivity index (χ4n) is 5.64. The molecule has 11 heteroatoms. The van der Waals surface area contributed by atoms with Crippen LogP contribution in [0.2, 0.25) is 0 Å². The Hall–Kier alpha value is -2.93. The van der Waals surface area contributed by atoms with Crippen LogP contribution in [-0.4, -0.2) is 74.2 Å². The largest absolute Gasteiger partial charge is 0.497 e. The Bertz CT molecular complexity index is 1200. The first-order valence-electron chi connectivity index (χ1n) is 13.0. The fraction of sp³-hybridized carbons (Fsp3) is 0.536. The zero-order chi connectivity index (χ0) is 27.5. The SMILES string of the molecule is COc1ccc(C2N(c3ccc(OC)cc3)C(=O)ON2[C@@H]2O[C@H]([C@H]3COC(C)(C)O3)[C@@H]3OC(C)(C)O[C@@H]32)cc1. The minimum absolute atomic E-state index is 0.344. The Kier molecular flexibility index (Phi) is 6.48. The first kappa shape index (κ1) is 26.3. The maximum atomic E-state index is 13.5. The lowest BCUT2D eigenvalue weighted by molar-refractivity contribution is -0.269. The molecule has 0 spiro atoms. The van der Waals surface area contributed by atoms with Gasteiger partial charge in [-0.1, -0.05) is 17.2 Å². The standard InChI is InChI=1S/C28H34N2O9/c1-27(2)34-15-20(36-27)21-22-23(38-28(3,4)37-22)25(35-21)30-24(16-7-11-18(32-5)12-8-16)29(26(31)39-30)17-9-13-19(33-6)14-10-17/h7-14,20-25H,15H2,1-6H3/t20-,21-,22+,23+,24?,25-/m1/s1. The molecule has 11 nitrogen and oxygen atoms in total. The number of hydrogen-bond donors (Lipinski definition) is 0. The number of benzene rings is 2. The number of fused-ring (bicyclic) bond motifs is 1. The van der Waals surface area contributed by atoms with Gasteiger partial charge in [-0.05, 0) is 69.7 Å². The molecule has 4 heterocycles. The summed E-state index contributed by atoms with van der Waals surface area (Å²) < 4.78 is 41.8. The van der Waals surface area contributed by atoms with E-state index in [2.05, 4.69) is 0 Å². The molecule has 39 heavy (non-hydrogen) atoms. The summed E-state index contributed by atoms with van der Waals surface area (Å²) in [4.78, 5) is 21.0. The van der Waals surface area contributed by atoms with Gasteiger partial charge in [0.15, 0.2) is 24.0 Å². The van der Waals surface area contributed by atoms with Gasteiger partial charge in [0.1, 0.15) is 35.9 Å². The molecule has 6 atom stereocenters. The highest BCUT2D eigenvalue weighted by Gasteiger charge is 2.63. The van der Waals surface area contributed by atoms with Gasteiger partial charge in [-0.15, -0.1) is 0 Å². The number of ether oxygens (including phenoxy) is 7. The van der Waals surface area contributed by atoms with Crippen molar-refractivity contribution in [2.45, 2.75) is 76.1 Å². The third-order valence-corrected chi connectivity index (χ3v) is 7.34. The van der Waals surface area contributed by atoms with Crippen molar-refractivity contribution < 1.29 is 42.8 Å². The van der Waals surface area contributed by atoms with Gasteiger partial charge in [0.05, 0.1) is 20.8 Å². The van der Waals surface area contributed by atoms with Crippen LogP contribution in [0.15, 0.2) is 48.5 Å². The lowest BCUT2D eigenvalue weighted by Gasteiger charge is -2.33. The number of rotatable bonds is 6. The molecule has 210 valence electrons.